The summed E-state index contributed by atoms with van der Waals surface area (Å²) in [5.74, 6) is 0.820. The second kappa shape index (κ2) is 6.54. The van der Waals surface area contributed by atoms with Crippen LogP contribution < -0.4 is 0 Å². The highest BCUT2D eigenvalue weighted by molar-refractivity contribution is 7.51. The van der Waals surface area contributed by atoms with Gasteiger partial charge < -0.3 is 14.2 Å². The topological polar surface area (TPSA) is 52.8 Å². The lowest BCUT2D eigenvalue weighted by molar-refractivity contribution is -0.123. The predicted molar refractivity (Wildman–Crippen MR) is 114 cm³/mol. The fraction of sp³-hybridized carbons (Fsp3) is 0.364. The third kappa shape index (κ3) is 2.93. The number of carbonyl (C=O) groups is 1. The minimum atomic E-state index is 0.0572. The molecule has 29 heavy (non-hydrogen) atoms. The van der Waals surface area contributed by atoms with Crippen molar-refractivity contribution in [1.82, 2.24) is 19.7 Å². The van der Waals surface area contributed by atoms with E-state index in [4.69, 9.17) is 4.42 Å². The lowest BCUT2D eigenvalue weighted by Gasteiger charge is -2.50. The second-order valence-corrected chi connectivity index (χ2v) is 9.56. The van der Waals surface area contributed by atoms with Gasteiger partial charge in [-0.3, -0.25) is 9.69 Å². The normalized spacial score (nSPS) is 27.6. The average molecular weight is 406 g/mol. The molecule has 2 fully saturated rings. The Morgan fingerprint density at radius 1 is 1.24 bits per heavy atom. The molecule has 1 aromatic heterocycles. The van der Waals surface area contributed by atoms with Crippen LogP contribution in [0, 0.1) is 6.92 Å². The average Bonchev–Trinajstić information content (AvgIpc) is 3.08. The first-order chi connectivity index (χ1) is 14.1. The van der Waals surface area contributed by atoms with E-state index in [-0.39, 0.29) is 11.7 Å². The third-order valence-corrected chi connectivity index (χ3v) is 7.88. The third-order valence-electron chi connectivity index (χ3n) is 6.37. The number of rotatable bonds is 2. The summed E-state index contributed by atoms with van der Waals surface area (Å²) in [4.78, 5) is 24.2. The lowest BCUT2D eigenvalue weighted by atomic mass is 9.99. The highest BCUT2D eigenvalue weighted by Crippen LogP contribution is 2.45. The molecule has 4 aliphatic rings. The molecule has 1 amide bonds. The lowest BCUT2D eigenvalue weighted by Crippen LogP contribution is -2.60. The van der Waals surface area contributed by atoms with Gasteiger partial charge in [0.05, 0.1) is 11.5 Å². The number of carbonyl (C=O) groups excluding carboxylic acids is 1. The summed E-state index contributed by atoms with van der Waals surface area (Å²) in [6.07, 6.45) is 9.55. The summed E-state index contributed by atoms with van der Waals surface area (Å²) in [6, 6.07) is 6.70. The number of piperazine rings is 1. The fourth-order valence-corrected chi connectivity index (χ4v) is 6.03. The van der Waals surface area contributed by atoms with Crippen LogP contribution in [-0.2, 0) is 4.79 Å². The van der Waals surface area contributed by atoms with E-state index in [0.29, 0.717) is 20.5 Å². The monoisotopic (exact) mass is 406 g/mol. The van der Waals surface area contributed by atoms with Gasteiger partial charge in [-0.25, -0.2) is 4.98 Å². The first kappa shape index (κ1) is 17.4. The van der Waals surface area contributed by atoms with Gasteiger partial charge in [0.1, 0.15) is 5.52 Å². The molecule has 0 N–H and O–H groups in total. The van der Waals surface area contributed by atoms with E-state index < -0.39 is 0 Å². The number of aromatic nitrogens is 1. The van der Waals surface area contributed by atoms with Crippen LogP contribution in [0.25, 0.3) is 16.4 Å². The second-order valence-electron chi connectivity index (χ2n) is 8.15. The van der Waals surface area contributed by atoms with E-state index in [1.165, 1.54) is 18.7 Å². The van der Waals surface area contributed by atoms with Crippen molar-refractivity contribution in [1.29, 1.82) is 0 Å². The zero-order valence-electron chi connectivity index (χ0n) is 16.3. The van der Waals surface area contributed by atoms with Crippen molar-refractivity contribution >= 4 is 30.9 Å². The number of hydrogen-bond acceptors (Lipinski definition) is 5. The molecular formula is C22H23N4O2P. The fourth-order valence-electron chi connectivity index (χ4n) is 4.65. The van der Waals surface area contributed by atoms with E-state index in [1.807, 2.05) is 30.0 Å². The molecule has 1 aromatic carbocycles. The van der Waals surface area contributed by atoms with Crippen LogP contribution in [0.5, 0.6) is 0 Å². The van der Waals surface area contributed by atoms with Crippen LogP contribution in [0.2, 0.25) is 0 Å². The summed E-state index contributed by atoms with van der Waals surface area (Å²) in [5, 5.41) is 1.08. The maximum atomic E-state index is 12.9. The van der Waals surface area contributed by atoms with Gasteiger partial charge in [0, 0.05) is 51.4 Å². The number of fused-ring (bicyclic) bond motifs is 3. The Morgan fingerprint density at radius 3 is 3.00 bits per heavy atom. The van der Waals surface area contributed by atoms with Crippen molar-refractivity contribution in [2.24, 2.45) is 0 Å². The van der Waals surface area contributed by atoms with Crippen molar-refractivity contribution in [2.45, 2.75) is 25.2 Å². The molecule has 0 radical (unpaired) electrons. The molecule has 148 valence electrons. The first-order valence-electron chi connectivity index (χ1n) is 10.2. The molecule has 6 rings (SSSR count). The molecule has 6 nitrogen and oxygen atoms in total. The molecule has 0 aliphatic carbocycles. The van der Waals surface area contributed by atoms with Gasteiger partial charge in [-0.15, -0.1) is 0 Å². The van der Waals surface area contributed by atoms with Crippen LogP contribution in [0.15, 0.2) is 52.7 Å². The maximum absolute atomic E-state index is 12.9. The van der Waals surface area contributed by atoms with Crippen LogP contribution in [0.1, 0.15) is 17.9 Å². The van der Waals surface area contributed by atoms with Crippen molar-refractivity contribution in [3.05, 3.63) is 59.8 Å². The number of aryl methyl sites for hydroxylation is 1. The molecule has 7 heteroatoms. The summed E-state index contributed by atoms with van der Waals surface area (Å²) < 4.78 is 5.67. The molecule has 5 heterocycles. The van der Waals surface area contributed by atoms with E-state index in [0.717, 1.165) is 41.6 Å². The zero-order chi connectivity index (χ0) is 19.5. The smallest absolute Gasteiger partial charge is 0.252 e. The van der Waals surface area contributed by atoms with Gasteiger partial charge in [-0.2, -0.15) is 0 Å². The Morgan fingerprint density at radius 2 is 2.17 bits per heavy atom. The van der Waals surface area contributed by atoms with Crippen molar-refractivity contribution in [3.63, 3.8) is 0 Å². The predicted octanol–water partition coefficient (Wildman–Crippen LogP) is 3.13. The van der Waals surface area contributed by atoms with E-state index in [9.17, 15) is 4.79 Å². The number of amides is 1. The van der Waals surface area contributed by atoms with Crippen LogP contribution in [-0.4, -0.2) is 63.6 Å². The summed E-state index contributed by atoms with van der Waals surface area (Å²) in [6.45, 7) is 6.34. The van der Waals surface area contributed by atoms with E-state index in [1.54, 1.807) is 6.08 Å². The number of nitrogens with zero attached hydrogens (tertiary/aromatic N) is 4. The minimum Gasteiger partial charge on any atom is -0.441 e. The quantitative estimate of drug-likeness (QED) is 0.718. The Balaban J connectivity index is 1.25. The largest absolute Gasteiger partial charge is 0.441 e. The van der Waals surface area contributed by atoms with E-state index >= 15 is 0 Å². The molecule has 3 unspecified atom stereocenters. The standard InChI is InChI=1S/C22H23N4O2P/c1-14-23-18-4-2-15(10-19(18)28-14)20-11-21(27)26-13-16(3-5-22(26)29-20)25-9-8-24-7-6-17(24)12-25/h2-5,10-11,13,17,22,29H,6-9,12H2,1H3. The van der Waals surface area contributed by atoms with Gasteiger partial charge in [0.25, 0.3) is 5.91 Å². The van der Waals surface area contributed by atoms with Crippen molar-refractivity contribution < 1.29 is 9.21 Å². The van der Waals surface area contributed by atoms with Crippen LogP contribution in [0.3, 0.4) is 0 Å². The first-order valence-corrected chi connectivity index (χ1v) is 11.3. The molecule has 3 atom stereocenters. The summed E-state index contributed by atoms with van der Waals surface area (Å²) in [5.41, 5.74) is 3.85. The van der Waals surface area contributed by atoms with Gasteiger partial charge in [0.15, 0.2) is 11.5 Å². The van der Waals surface area contributed by atoms with Gasteiger partial charge in [-0.05, 0) is 35.5 Å². The Bertz CT molecular complexity index is 1100. The minimum absolute atomic E-state index is 0.0572. The van der Waals surface area contributed by atoms with Crippen LogP contribution in [0.4, 0.5) is 0 Å². The Kier molecular flexibility index (Phi) is 3.93. The molecule has 0 spiro atoms. The van der Waals surface area contributed by atoms with Crippen molar-refractivity contribution in [2.75, 3.05) is 26.2 Å². The highest BCUT2D eigenvalue weighted by Gasteiger charge is 2.35. The van der Waals surface area contributed by atoms with Gasteiger partial charge >= 0.3 is 0 Å². The van der Waals surface area contributed by atoms with Gasteiger partial charge in [-0.1, -0.05) is 20.7 Å². The maximum Gasteiger partial charge on any atom is 0.252 e. The molecule has 2 saturated heterocycles. The number of hydrogen-bond donors (Lipinski definition) is 0. The number of oxazole rings is 1. The number of benzene rings is 1. The Labute approximate surface area is 171 Å². The summed E-state index contributed by atoms with van der Waals surface area (Å²) >= 11 is 0. The SMILES string of the molecule is Cc1nc2ccc(C3=CC(=O)N4C=C(N5CCN6CCC6C5)C=CC4P3)cc2o1. The molecule has 2 aromatic rings. The Hall–Kier alpha value is -2.43. The molecule has 4 aliphatic heterocycles. The van der Waals surface area contributed by atoms with E-state index in [2.05, 4.69) is 33.1 Å². The van der Waals surface area contributed by atoms with Crippen LogP contribution >= 0.6 is 8.58 Å². The summed E-state index contributed by atoms with van der Waals surface area (Å²) in [7, 11) is 0.511. The van der Waals surface area contributed by atoms with Crippen molar-refractivity contribution in [3.8, 4) is 0 Å². The number of allylic oxidation sites excluding steroid dienone is 1. The molecular weight excluding hydrogens is 383 g/mol. The molecule has 0 bridgehead atoms. The highest BCUT2D eigenvalue weighted by atomic mass is 31.1. The zero-order valence-corrected chi connectivity index (χ0v) is 17.3. The van der Waals surface area contributed by atoms with Gasteiger partial charge in [0.2, 0.25) is 0 Å². The molecule has 0 saturated carbocycles.